The van der Waals surface area contributed by atoms with Crippen LogP contribution in [0.15, 0.2) is 0 Å². The molecule has 0 aromatic heterocycles. The Morgan fingerprint density at radius 3 is 1.07 bits per heavy atom. The molecule has 0 aliphatic heterocycles. The largest absolute Gasteiger partial charge is 0.0709 e. The quantitative estimate of drug-likeness (QED) is 0.636. The first-order chi connectivity index (χ1) is 6.29. The molecule has 0 nitrogen and oxygen atoms in total. The Balaban J connectivity index is 0. The van der Waals surface area contributed by atoms with Crippen LogP contribution in [-0.2, 0) is 0 Å². The van der Waals surface area contributed by atoms with Crippen molar-refractivity contribution in [1.29, 1.82) is 0 Å². The van der Waals surface area contributed by atoms with Crippen LogP contribution in [-0.4, -0.2) is 28.6 Å². The van der Waals surface area contributed by atoms with Crippen LogP contribution in [0.5, 0.6) is 0 Å². The van der Waals surface area contributed by atoms with Gasteiger partial charge in [-0.25, -0.2) is 0 Å². The van der Waals surface area contributed by atoms with Gasteiger partial charge in [0.15, 0.2) is 0 Å². The average Bonchev–Trinajstić information content (AvgIpc) is 2.07. The molecule has 0 aromatic rings. The molecular weight excluding hydrogens is 291 g/mol. The van der Waals surface area contributed by atoms with Crippen LogP contribution < -0.4 is 0 Å². The van der Waals surface area contributed by atoms with Crippen molar-refractivity contribution in [2.75, 3.05) is 0 Å². The van der Waals surface area contributed by atoms with Gasteiger partial charge in [0, 0.05) is 8.80 Å². The summed E-state index contributed by atoms with van der Waals surface area (Å²) in [7, 11) is -0.0502. The summed E-state index contributed by atoms with van der Waals surface area (Å²) in [5.41, 5.74) is 0. The number of rotatable bonds is 3. The maximum absolute atomic E-state index is 2.35. The minimum absolute atomic E-state index is 0.0502. The predicted molar refractivity (Wildman–Crippen MR) is 74.4 cm³/mol. The van der Waals surface area contributed by atoms with Gasteiger partial charge in [-0.2, -0.15) is 0 Å². The summed E-state index contributed by atoms with van der Waals surface area (Å²) in [6.45, 7) is 18.7. The molecule has 2 heteroatoms. The molecule has 0 atom stereocenters. The van der Waals surface area contributed by atoms with Crippen molar-refractivity contribution < 1.29 is 0 Å². The van der Waals surface area contributed by atoms with E-state index in [1.807, 2.05) is 0 Å². The number of hydrogen-bond acceptors (Lipinski definition) is 0. The van der Waals surface area contributed by atoms with Crippen LogP contribution in [0.1, 0.15) is 41.5 Å². The summed E-state index contributed by atoms with van der Waals surface area (Å²) in [5.74, 6) is 0. The second-order valence-electron chi connectivity index (χ2n) is 5.06. The topological polar surface area (TPSA) is 0 Å². The Labute approximate surface area is 101 Å². The summed E-state index contributed by atoms with van der Waals surface area (Å²) in [6, 6.07) is 0. The molecule has 0 amide bonds. The minimum atomic E-state index is -0.653. The molecule has 0 unspecified atom stereocenters. The van der Waals surface area contributed by atoms with E-state index >= 15 is 0 Å². The van der Waals surface area contributed by atoms with Crippen LogP contribution in [0.3, 0.4) is 0 Å². The van der Waals surface area contributed by atoms with Crippen LogP contribution in [0.2, 0.25) is 31.4 Å². The predicted octanol–water partition coefficient (Wildman–Crippen LogP) is 5.08. The summed E-state index contributed by atoms with van der Waals surface area (Å²) in [6.07, 6.45) is 0. The van der Waals surface area contributed by atoms with Crippen molar-refractivity contribution in [1.82, 2.24) is 0 Å². The van der Waals surface area contributed by atoms with E-state index in [1.165, 1.54) is 0 Å². The molecule has 0 aliphatic carbocycles. The summed E-state index contributed by atoms with van der Waals surface area (Å²) < 4.78 is 4.65. The van der Waals surface area contributed by atoms with Crippen molar-refractivity contribution in [3.05, 3.63) is 0 Å². The normalized spacial score (nSPS) is 11.6. The van der Waals surface area contributed by atoms with E-state index in [9.17, 15) is 0 Å². The molecule has 0 rings (SSSR count). The molecule has 0 spiro atoms. The molecular formula is C12H30SiSn. The third-order valence-corrected chi connectivity index (χ3v) is 14.6. The van der Waals surface area contributed by atoms with E-state index in [0.29, 0.717) is 5.04 Å². The number of hydrogen-bond donors (Lipinski definition) is 0. The van der Waals surface area contributed by atoms with Gasteiger partial charge in [-0.1, -0.05) is 33.9 Å². The first-order valence-corrected chi connectivity index (χ1v) is 14.5. The van der Waals surface area contributed by atoms with Gasteiger partial charge < -0.3 is 0 Å². The Morgan fingerprint density at radius 2 is 1.07 bits per heavy atom. The van der Waals surface area contributed by atoms with E-state index in [2.05, 4.69) is 54.6 Å². The van der Waals surface area contributed by atoms with Gasteiger partial charge in [0.05, 0.1) is 0 Å². The molecule has 0 aliphatic rings. The van der Waals surface area contributed by atoms with Crippen LogP contribution >= 0.6 is 0 Å². The molecule has 2 radical (unpaired) electrons. The molecule has 0 aromatic carbocycles. The molecule has 14 heavy (non-hydrogen) atoms. The zero-order valence-electron chi connectivity index (χ0n) is 11.6. The average molecular weight is 321 g/mol. The fourth-order valence-corrected chi connectivity index (χ4v) is 5.03. The summed E-state index contributed by atoms with van der Waals surface area (Å²) in [5, 5.41) is 0.602. The Morgan fingerprint density at radius 1 is 0.857 bits per heavy atom. The van der Waals surface area contributed by atoms with Gasteiger partial charge in [0.2, 0.25) is 0 Å². The zero-order chi connectivity index (χ0) is 11.8. The van der Waals surface area contributed by atoms with Crippen molar-refractivity contribution >= 4 is 28.6 Å². The molecule has 0 saturated carbocycles. The summed E-state index contributed by atoms with van der Waals surface area (Å²) in [4.78, 5) is 0. The fraction of sp³-hybridized carbons (Fsp3) is 1.00. The van der Waals surface area contributed by atoms with Gasteiger partial charge >= 0.3 is 53.8 Å². The smallest absolute Gasteiger partial charge is 0.0470 e. The summed E-state index contributed by atoms with van der Waals surface area (Å²) >= 11 is -0.653. The maximum Gasteiger partial charge on any atom is 0.0470 e. The standard InChI is InChI=1S/C6H15Si.3C2H5.Sn/c1-6(2,3)7(4)5;3*1-2;/h1-5H3;3*1H2,2H3;. The van der Waals surface area contributed by atoms with E-state index in [0.717, 1.165) is 0 Å². The monoisotopic (exact) mass is 322 g/mol. The van der Waals surface area contributed by atoms with Gasteiger partial charge in [0.1, 0.15) is 0 Å². The van der Waals surface area contributed by atoms with Crippen LogP contribution in [0.25, 0.3) is 0 Å². The van der Waals surface area contributed by atoms with Crippen molar-refractivity contribution in [3.8, 4) is 0 Å². The van der Waals surface area contributed by atoms with E-state index in [4.69, 9.17) is 0 Å². The van der Waals surface area contributed by atoms with Gasteiger partial charge in [0.25, 0.3) is 0 Å². The molecule has 0 bridgehead atoms. The van der Waals surface area contributed by atoms with E-state index in [1.54, 1.807) is 13.3 Å². The van der Waals surface area contributed by atoms with Gasteiger partial charge in [-0.05, 0) is 5.04 Å². The Bertz CT molecular complexity index is 106. The van der Waals surface area contributed by atoms with Crippen molar-refractivity contribution in [2.24, 2.45) is 0 Å². The molecule has 86 valence electrons. The van der Waals surface area contributed by atoms with Crippen molar-refractivity contribution in [3.63, 3.8) is 0 Å². The Hall–Kier alpha value is 1.02. The zero-order valence-corrected chi connectivity index (χ0v) is 15.5. The van der Waals surface area contributed by atoms with Crippen LogP contribution in [0, 0.1) is 0 Å². The van der Waals surface area contributed by atoms with Crippen LogP contribution in [0.4, 0.5) is 0 Å². The second kappa shape index (κ2) is 9.26. The first-order valence-electron chi connectivity index (χ1n) is 5.93. The van der Waals surface area contributed by atoms with E-state index < -0.39 is 19.8 Å². The van der Waals surface area contributed by atoms with E-state index in [-0.39, 0.29) is 8.80 Å². The SMILES string of the molecule is C[CH2][Sn]([CH2]C)[CH2]C.C[Si](C)C(C)(C)C. The molecule has 0 saturated heterocycles. The van der Waals surface area contributed by atoms with Gasteiger partial charge in [-0.3, -0.25) is 0 Å². The van der Waals surface area contributed by atoms with Crippen molar-refractivity contribution in [2.45, 2.75) is 73.0 Å². The maximum atomic E-state index is 2.35. The first kappa shape index (κ1) is 17.4. The Kier molecular flexibility index (Phi) is 11.5. The minimum Gasteiger partial charge on any atom is -0.0709 e. The van der Waals surface area contributed by atoms with Gasteiger partial charge in [-0.15, -0.1) is 0 Å². The fourth-order valence-electron chi connectivity index (χ4n) is 0.750. The third-order valence-electron chi connectivity index (χ3n) is 3.00. The molecule has 0 heterocycles. The molecule has 0 N–H and O–H groups in total. The third kappa shape index (κ3) is 11.1. The second-order valence-corrected chi connectivity index (χ2v) is 18.9. The molecule has 0 fully saturated rings.